The van der Waals surface area contributed by atoms with E-state index in [1.54, 1.807) is 28.5 Å². The van der Waals surface area contributed by atoms with Gasteiger partial charge in [-0.2, -0.15) is 5.10 Å². The molecule has 1 N–H and O–H groups in total. The van der Waals surface area contributed by atoms with Gasteiger partial charge in [0.25, 0.3) is 0 Å². The van der Waals surface area contributed by atoms with Gasteiger partial charge in [0.1, 0.15) is 11.6 Å². The minimum atomic E-state index is -1.10. The van der Waals surface area contributed by atoms with E-state index < -0.39 is 5.97 Å². The average Bonchev–Trinajstić information content (AvgIpc) is 3.37. The van der Waals surface area contributed by atoms with E-state index in [-0.39, 0.29) is 11.6 Å². The molecule has 1 aliphatic heterocycles. The molecule has 0 radical (unpaired) electrons. The molecule has 0 aliphatic carbocycles. The third-order valence-corrected chi connectivity index (χ3v) is 5.55. The van der Waals surface area contributed by atoms with E-state index in [1.165, 1.54) is 12.1 Å². The van der Waals surface area contributed by atoms with Crippen molar-refractivity contribution in [2.24, 2.45) is 7.05 Å². The molecule has 0 saturated carbocycles. The molecule has 0 fully saturated rings. The van der Waals surface area contributed by atoms with Gasteiger partial charge in [-0.3, -0.25) is 4.68 Å². The second-order valence-electron chi connectivity index (χ2n) is 7.43. The molecular formula is C23H19FN4O3. The highest BCUT2D eigenvalue weighted by Gasteiger charge is 2.29. The van der Waals surface area contributed by atoms with E-state index >= 15 is 0 Å². The number of fused-ring (bicyclic) bond motifs is 3. The molecule has 1 aliphatic rings. The number of carboxylic acid groups (broad SMARTS) is 1. The minimum Gasteiger partial charge on any atom is -0.496 e. The predicted octanol–water partition coefficient (Wildman–Crippen LogP) is 4.02. The van der Waals surface area contributed by atoms with Gasteiger partial charge in [-0.25, -0.2) is 14.2 Å². The van der Waals surface area contributed by atoms with E-state index in [4.69, 9.17) is 4.74 Å². The zero-order valence-corrected chi connectivity index (χ0v) is 17.0. The summed E-state index contributed by atoms with van der Waals surface area (Å²) in [5.74, 6) is -0.795. The number of carbonyl (C=O) groups is 1. The van der Waals surface area contributed by atoms with Crippen molar-refractivity contribution in [3.05, 3.63) is 65.9 Å². The van der Waals surface area contributed by atoms with Crippen LogP contribution >= 0.6 is 0 Å². The summed E-state index contributed by atoms with van der Waals surface area (Å²) in [7, 11) is 3.46. The maximum absolute atomic E-state index is 13.5. The average molecular weight is 418 g/mol. The molecule has 0 bridgehead atoms. The predicted molar refractivity (Wildman–Crippen MR) is 112 cm³/mol. The molecular weight excluding hydrogens is 399 g/mol. The number of rotatable bonds is 4. The lowest BCUT2D eigenvalue weighted by Crippen LogP contribution is -2.16. The quantitative estimate of drug-likeness (QED) is 0.541. The first-order valence-corrected chi connectivity index (χ1v) is 9.77. The molecule has 0 spiro atoms. The lowest BCUT2D eigenvalue weighted by atomic mass is 9.92. The van der Waals surface area contributed by atoms with Crippen molar-refractivity contribution in [1.82, 2.24) is 19.3 Å². The van der Waals surface area contributed by atoms with Gasteiger partial charge in [-0.15, -0.1) is 0 Å². The van der Waals surface area contributed by atoms with Gasteiger partial charge in [0.2, 0.25) is 5.82 Å². The Morgan fingerprint density at radius 1 is 1.16 bits per heavy atom. The number of benzene rings is 2. The first kappa shape index (κ1) is 19.0. The highest BCUT2D eigenvalue weighted by molar-refractivity contribution is 5.91. The molecule has 156 valence electrons. The number of ether oxygens (including phenoxy) is 1. The number of hydrogen-bond acceptors (Lipinski definition) is 4. The Kier molecular flexibility index (Phi) is 4.35. The molecule has 5 rings (SSSR count). The van der Waals surface area contributed by atoms with Crippen LogP contribution in [0, 0.1) is 5.82 Å². The largest absolute Gasteiger partial charge is 0.496 e. The summed E-state index contributed by atoms with van der Waals surface area (Å²) >= 11 is 0. The maximum Gasteiger partial charge on any atom is 0.372 e. The van der Waals surface area contributed by atoms with Crippen molar-refractivity contribution in [2.75, 3.05) is 7.11 Å². The number of nitrogens with zero attached hydrogens (tertiary/aromatic N) is 4. The molecule has 0 unspecified atom stereocenters. The van der Waals surface area contributed by atoms with Gasteiger partial charge < -0.3 is 14.4 Å². The highest BCUT2D eigenvalue weighted by atomic mass is 19.1. The van der Waals surface area contributed by atoms with Gasteiger partial charge in [-0.1, -0.05) is 0 Å². The van der Waals surface area contributed by atoms with Gasteiger partial charge in [0.05, 0.1) is 24.2 Å². The Hall–Kier alpha value is -3.94. The second-order valence-corrected chi connectivity index (χ2v) is 7.43. The second kappa shape index (κ2) is 7.09. The zero-order chi connectivity index (χ0) is 21.7. The Balaban J connectivity index is 1.79. The van der Waals surface area contributed by atoms with Crippen molar-refractivity contribution in [3.63, 3.8) is 0 Å². The van der Waals surface area contributed by atoms with Crippen LogP contribution in [0.3, 0.4) is 0 Å². The fraction of sp³-hybridized carbons (Fsp3) is 0.174. The first-order valence-electron chi connectivity index (χ1n) is 9.77. The fourth-order valence-corrected chi connectivity index (χ4v) is 4.13. The molecule has 8 heteroatoms. The number of methoxy groups -OCH3 is 1. The fourth-order valence-electron chi connectivity index (χ4n) is 4.13. The monoisotopic (exact) mass is 418 g/mol. The minimum absolute atomic E-state index is 0.0322. The molecule has 0 atom stereocenters. The van der Waals surface area contributed by atoms with Crippen molar-refractivity contribution in [2.45, 2.75) is 13.0 Å². The SMILES string of the molecule is COc1cc2c(cc1-c1ccn(C)n1)-c1c(-c3ccc(F)cc3)nc(C(=O)O)n1CC2. The van der Waals surface area contributed by atoms with E-state index in [2.05, 4.69) is 10.1 Å². The molecule has 3 heterocycles. The lowest BCUT2D eigenvalue weighted by Gasteiger charge is -2.22. The summed E-state index contributed by atoms with van der Waals surface area (Å²) in [5, 5.41) is 14.2. The number of hydrogen-bond donors (Lipinski definition) is 1. The van der Waals surface area contributed by atoms with Crippen molar-refractivity contribution in [3.8, 4) is 39.5 Å². The topological polar surface area (TPSA) is 82.2 Å². The normalized spacial score (nSPS) is 12.4. The number of imidazole rings is 1. The number of halogens is 1. The number of aryl methyl sites for hydroxylation is 2. The van der Waals surface area contributed by atoms with Gasteiger partial charge in [0, 0.05) is 36.5 Å². The van der Waals surface area contributed by atoms with Crippen LogP contribution < -0.4 is 4.74 Å². The van der Waals surface area contributed by atoms with Crippen molar-refractivity contribution in [1.29, 1.82) is 0 Å². The van der Waals surface area contributed by atoms with Crippen LogP contribution in [0.25, 0.3) is 33.8 Å². The maximum atomic E-state index is 13.5. The summed E-state index contributed by atoms with van der Waals surface area (Å²) in [6.07, 6.45) is 2.49. The van der Waals surface area contributed by atoms with Crippen molar-refractivity contribution >= 4 is 5.97 Å². The van der Waals surface area contributed by atoms with Crippen LogP contribution in [0.2, 0.25) is 0 Å². The molecule has 2 aromatic heterocycles. The van der Waals surface area contributed by atoms with Crippen LogP contribution in [0.15, 0.2) is 48.7 Å². The summed E-state index contributed by atoms with van der Waals surface area (Å²) in [4.78, 5) is 16.3. The Morgan fingerprint density at radius 3 is 2.58 bits per heavy atom. The van der Waals surface area contributed by atoms with E-state index in [0.29, 0.717) is 35.7 Å². The first-order chi connectivity index (χ1) is 15.0. The molecule has 4 aromatic rings. The molecule has 7 nitrogen and oxygen atoms in total. The standard InChI is InChI=1S/C23H19FN4O3/c1-27-9-8-18(26-27)17-12-16-14(11-19(17)31-2)7-10-28-21(16)20(25-22(28)23(29)30)13-3-5-15(24)6-4-13/h3-6,8-9,11-12H,7,10H2,1-2H3,(H,29,30). The van der Waals surface area contributed by atoms with Crippen LogP contribution in [0.5, 0.6) is 5.75 Å². The Labute approximate surface area is 177 Å². The molecule has 0 saturated heterocycles. The van der Waals surface area contributed by atoms with Gasteiger partial charge in [0.15, 0.2) is 0 Å². The Bertz CT molecular complexity index is 1320. The number of aromatic carboxylic acids is 1. The molecule has 0 amide bonds. The summed E-state index contributed by atoms with van der Waals surface area (Å²) < 4.78 is 22.6. The van der Waals surface area contributed by atoms with Gasteiger partial charge in [-0.05, 0) is 54.4 Å². The van der Waals surface area contributed by atoms with Crippen LogP contribution in [0.1, 0.15) is 16.2 Å². The van der Waals surface area contributed by atoms with E-state index in [0.717, 1.165) is 22.4 Å². The molecule has 2 aromatic carbocycles. The number of carboxylic acids is 1. The van der Waals surface area contributed by atoms with Crippen molar-refractivity contribution < 1.29 is 19.0 Å². The van der Waals surface area contributed by atoms with Gasteiger partial charge >= 0.3 is 5.97 Å². The Morgan fingerprint density at radius 2 is 1.94 bits per heavy atom. The van der Waals surface area contributed by atoms with Crippen LogP contribution in [-0.4, -0.2) is 37.5 Å². The summed E-state index contributed by atoms with van der Waals surface area (Å²) in [6, 6.07) is 11.8. The smallest absolute Gasteiger partial charge is 0.372 e. The third kappa shape index (κ3) is 3.07. The number of aromatic nitrogens is 4. The van der Waals surface area contributed by atoms with E-state index in [1.807, 2.05) is 31.4 Å². The van der Waals surface area contributed by atoms with Crippen LogP contribution in [0.4, 0.5) is 4.39 Å². The molecule has 31 heavy (non-hydrogen) atoms. The summed E-state index contributed by atoms with van der Waals surface area (Å²) in [6.45, 7) is 0.476. The lowest BCUT2D eigenvalue weighted by molar-refractivity contribution is 0.0678. The van der Waals surface area contributed by atoms with E-state index in [9.17, 15) is 14.3 Å². The highest BCUT2D eigenvalue weighted by Crippen LogP contribution is 2.43. The third-order valence-electron chi connectivity index (χ3n) is 5.55. The summed E-state index contributed by atoms with van der Waals surface area (Å²) in [5.41, 5.74) is 5.32. The van der Waals surface area contributed by atoms with Crippen LogP contribution in [-0.2, 0) is 20.0 Å². The zero-order valence-electron chi connectivity index (χ0n) is 17.0.